The third kappa shape index (κ3) is 6.76. The van der Waals surface area contributed by atoms with Gasteiger partial charge in [0.15, 0.2) is 0 Å². The highest BCUT2D eigenvalue weighted by Gasteiger charge is 2.25. The molecule has 0 aromatic heterocycles. The first-order chi connectivity index (χ1) is 14.2. The van der Waals surface area contributed by atoms with Crippen molar-refractivity contribution in [3.05, 3.63) is 29.8 Å². The number of aryl methyl sites for hydroxylation is 1. The fourth-order valence-corrected chi connectivity index (χ4v) is 4.50. The number of nitrogens with one attached hydrogen (secondary N) is 1. The number of amides is 3. The summed E-state index contributed by atoms with van der Waals surface area (Å²) in [5.74, 6) is 0.855. The minimum Gasteiger partial charge on any atom is -0.341 e. The normalized spacial score (nSPS) is 18.0. The molecule has 1 aliphatic carbocycles. The Balaban J connectivity index is 1.44. The summed E-state index contributed by atoms with van der Waals surface area (Å²) in [6.07, 6.45) is 11.3. The fourth-order valence-electron chi connectivity index (χ4n) is 4.50. The van der Waals surface area contributed by atoms with Crippen LogP contribution in [0.5, 0.6) is 0 Å². The van der Waals surface area contributed by atoms with Crippen molar-refractivity contribution in [2.45, 2.75) is 71.1 Å². The first kappa shape index (κ1) is 21.7. The van der Waals surface area contributed by atoms with Crippen molar-refractivity contribution in [1.82, 2.24) is 9.80 Å². The molecule has 0 radical (unpaired) electrons. The maximum Gasteiger partial charge on any atom is 0.321 e. The SMILES string of the molecule is CCCCCc1ccc(NC(=O)N2CCCN(C(=O)CC3CCCC3)CC2)cc1. The highest BCUT2D eigenvalue weighted by Crippen LogP contribution is 2.28. The molecule has 3 rings (SSSR count). The maximum atomic E-state index is 12.7. The quantitative estimate of drug-likeness (QED) is 0.651. The van der Waals surface area contributed by atoms with Gasteiger partial charge in [-0.15, -0.1) is 0 Å². The number of anilines is 1. The predicted molar refractivity (Wildman–Crippen MR) is 118 cm³/mol. The van der Waals surface area contributed by atoms with Crippen molar-refractivity contribution in [3.8, 4) is 0 Å². The number of rotatable bonds is 7. The third-order valence-corrected chi connectivity index (χ3v) is 6.35. The summed E-state index contributed by atoms with van der Waals surface area (Å²) < 4.78 is 0. The molecule has 29 heavy (non-hydrogen) atoms. The van der Waals surface area contributed by atoms with E-state index in [1.54, 1.807) is 0 Å². The van der Waals surface area contributed by atoms with Gasteiger partial charge in [0.05, 0.1) is 0 Å². The molecule has 0 bridgehead atoms. The van der Waals surface area contributed by atoms with Crippen LogP contribution in [0.1, 0.15) is 70.3 Å². The monoisotopic (exact) mass is 399 g/mol. The van der Waals surface area contributed by atoms with E-state index in [-0.39, 0.29) is 11.9 Å². The van der Waals surface area contributed by atoms with Crippen molar-refractivity contribution in [2.75, 3.05) is 31.5 Å². The van der Waals surface area contributed by atoms with E-state index >= 15 is 0 Å². The maximum absolute atomic E-state index is 12.7. The number of urea groups is 1. The first-order valence-corrected chi connectivity index (χ1v) is 11.6. The summed E-state index contributed by atoms with van der Waals surface area (Å²) in [5.41, 5.74) is 2.16. The van der Waals surface area contributed by atoms with Crippen LogP contribution in [0.25, 0.3) is 0 Å². The van der Waals surface area contributed by atoms with Gasteiger partial charge in [-0.2, -0.15) is 0 Å². The van der Waals surface area contributed by atoms with Gasteiger partial charge in [0.25, 0.3) is 0 Å². The molecule has 1 aromatic carbocycles. The molecule has 1 N–H and O–H groups in total. The lowest BCUT2D eigenvalue weighted by Crippen LogP contribution is -2.39. The summed E-state index contributed by atoms with van der Waals surface area (Å²) in [5, 5.41) is 3.02. The predicted octanol–water partition coefficient (Wildman–Crippen LogP) is 5.07. The van der Waals surface area contributed by atoms with Crippen LogP contribution < -0.4 is 5.32 Å². The molecule has 160 valence electrons. The van der Waals surface area contributed by atoms with Crippen molar-refractivity contribution >= 4 is 17.6 Å². The molecular formula is C24H37N3O2. The van der Waals surface area contributed by atoms with Crippen LogP contribution in [0.3, 0.4) is 0 Å². The molecule has 3 amide bonds. The van der Waals surface area contributed by atoms with Crippen LogP contribution in [0.15, 0.2) is 24.3 Å². The number of carbonyl (C=O) groups is 2. The Hall–Kier alpha value is -2.04. The molecule has 1 aromatic rings. The second-order valence-electron chi connectivity index (χ2n) is 8.66. The molecule has 0 spiro atoms. The van der Waals surface area contributed by atoms with Crippen LogP contribution in [-0.4, -0.2) is 47.9 Å². The molecule has 1 saturated carbocycles. The fraction of sp³-hybridized carbons (Fsp3) is 0.667. The van der Waals surface area contributed by atoms with Gasteiger partial charge in [-0.05, 0) is 55.7 Å². The van der Waals surface area contributed by atoms with Crippen molar-refractivity contribution in [1.29, 1.82) is 0 Å². The van der Waals surface area contributed by atoms with Gasteiger partial charge in [0, 0.05) is 38.3 Å². The first-order valence-electron chi connectivity index (χ1n) is 11.6. The van der Waals surface area contributed by atoms with E-state index in [4.69, 9.17) is 0 Å². The number of unbranched alkanes of at least 4 members (excludes halogenated alkanes) is 2. The van der Waals surface area contributed by atoms with Gasteiger partial charge in [0.2, 0.25) is 5.91 Å². The Bertz CT molecular complexity index is 653. The molecule has 0 atom stereocenters. The van der Waals surface area contributed by atoms with Crippen LogP contribution >= 0.6 is 0 Å². The Morgan fingerprint density at radius 1 is 0.931 bits per heavy atom. The Kier molecular flexibility index (Phi) is 8.38. The van der Waals surface area contributed by atoms with Crippen LogP contribution in [-0.2, 0) is 11.2 Å². The number of hydrogen-bond acceptors (Lipinski definition) is 2. The molecule has 2 fully saturated rings. The summed E-state index contributed by atoms with van der Waals surface area (Å²) in [7, 11) is 0. The Morgan fingerprint density at radius 2 is 1.62 bits per heavy atom. The highest BCUT2D eigenvalue weighted by atomic mass is 16.2. The molecule has 0 unspecified atom stereocenters. The van der Waals surface area contributed by atoms with E-state index in [2.05, 4.69) is 24.4 Å². The van der Waals surface area contributed by atoms with Crippen LogP contribution in [0.2, 0.25) is 0 Å². The van der Waals surface area contributed by atoms with Gasteiger partial charge in [0.1, 0.15) is 0 Å². The van der Waals surface area contributed by atoms with Crippen LogP contribution in [0.4, 0.5) is 10.5 Å². The molecule has 1 heterocycles. The molecule has 5 nitrogen and oxygen atoms in total. The lowest BCUT2D eigenvalue weighted by molar-refractivity contribution is -0.132. The van der Waals surface area contributed by atoms with Crippen LogP contribution in [0, 0.1) is 5.92 Å². The highest BCUT2D eigenvalue weighted by molar-refractivity contribution is 5.89. The standard InChI is InChI=1S/C24H37N3O2/c1-2-3-4-8-20-11-13-22(14-12-20)25-24(29)27-16-7-15-26(17-18-27)23(28)19-21-9-5-6-10-21/h11-14,21H,2-10,15-19H2,1H3,(H,25,29). The average Bonchev–Trinajstić information content (AvgIpc) is 3.10. The number of hydrogen-bond donors (Lipinski definition) is 1. The number of carbonyl (C=O) groups excluding carboxylic acids is 2. The lowest BCUT2D eigenvalue weighted by atomic mass is 10.0. The van der Waals surface area contributed by atoms with Crippen molar-refractivity contribution < 1.29 is 9.59 Å². The molecular weight excluding hydrogens is 362 g/mol. The lowest BCUT2D eigenvalue weighted by Gasteiger charge is -2.23. The molecule has 2 aliphatic rings. The van der Waals surface area contributed by atoms with E-state index in [0.717, 1.165) is 25.1 Å². The second kappa shape index (κ2) is 11.2. The van der Waals surface area contributed by atoms with Gasteiger partial charge in [-0.3, -0.25) is 4.79 Å². The van der Waals surface area contributed by atoms with Crippen molar-refractivity contribution in [3.63, 3.8) is 0 Å². The number of nitrogens with zero attached hydrogens (tertiary/aromatic N) is 2. The van der Waals surface area contributed by atoms with E-state index in [1.807, 2.05) is 21.9 Å². The molecule has 1 saturated heterocycles. The molecule has 1 aliphatic heterocycles. The van der Waals surface area contributed by atoms with E-state index < -0.39 is 0 Å². The number of benzene rings is 1. The summed E-state index contributed by atoms with van der Waals surface area (Å²) in [4.78, 5) is 29.1. The minimum absolute atomic E-state index is 0.0613. The third-order valence-electron chi connectivity index (χ3n) is 6.35. The van der Waals surface area contributed by atoms with Gasteiger partial charge in [-0.1, -0.05) is 44.7 Å². The zero-order chi connectivity index (χ0) is 20.5. The van der Waals surface area contributed by atoms with Gasteiger partial charge < -0.3 is 15.1 Å². The second-order valence-corrected chi connectivity index (χ2v) is 8.66. The smallest absolute Gasteiger partial charge is 0.321 e. The van der Waals surface area contributed by atoms with E-state index in [9.17, 15) is 9.59 Å². The molecule has 5 heteroatoms. The minimum atomic E-state index is -0.0613. The van der Waals surface area contributed by atoms with E-state index in [0.29, 0.717) is 32.0 Å². The van der Waals surface area contributed by atoms with E-state index in [1.165, 1.54) is 50.5 Å². The topological polar surface area (TPSA) is 52.7 Å². The van der Waals surface area contributed by atoms with Gasteiger partial charge >= 0.3 is 6.03 Å². The van der Waals surface area contributed by atoms with Gasteiger partial charge in [-0.25, -0.2) is 4.79 Å². The zero-order valence-corrected chi connectivity index (χ0v) is 18.0. The zero-order valence-electron chi connectivity index (χ0n) is 18.0. The van der Waals surface area contributed by atoms with Crippen molar-refractivity contribution in [2.24, 2.45) is 5.92 Å². The average molecular weight is 400 g/mol. The largest absolute Gasteiger partial charge is 0.341 e. The summed E-state index contributed by atoms with van der Waals surface area (Å²) in [6.45, 7) is 4.94. The summed E-state index contributed by atoms with van der Waals surface area (Å²) in [6, 6.07) is 8.14. The summed E-state index contributed by atoms with van der Waals surface area (Å²) >= 11 is 0. The Labute approximate surface area is 175 Å². The Morgan fingerprint density at radius 3 is 2.34 bits per heavy atom.